The Balaban J connectivity index is 1.70. The molecule has 1 fully saturated rings. The highest BCUT2D eigenvalue weighted by Gasteiger charge is 2.25. The normalized spacial score (nSPS) is 20.3. The Hall–Kier alpha value is -2.23. The van der Waals surface area contributed by atoms with Crippen LogP contribution in [0.4, 0.5) is 0 Å². The van der Waals surface area contributed by atoms with Crippen molar-refractivity contribution >= 4 is 22.4 Å². The molecule has 2 aromatic rings. The van der Waals surface area contributed by atoms with Gasteiger partial charge in [0.1, 0.15) is 17.1 Å². The van der Waals surface area contributed by atoms with Gasteiger partial charge in [0.2, 0.25) is 5.91 Å². The third kappa shape index (κ3) is 3.45. The Morgan fingerprint density at radius 1 is 1.25 bits per heavy atom. The third-order valence-electron chi connectivity index (χ3n) is 6.42. The van der Waals surface area contributed by atoms with E-state index < -0.39 is 0 Å². The number of nitrogens with zero attached hydrogens (tertiary/aromatic N) is 1. The molecule has 1 atom stereocenters. The molecule has 0 N–H and O–H groups in total. The van der Waals surface area contributed by atoms with Gasteiger partial charge in [0, 0.05) is 47.7 Å². The molecule has 4 nitrogen and oxygen atoms in total. The highest BCUT2D eigenvalue weighted by molar-refractivity contribution is 5.97. The number of piperidine rings is 1. The first-order valence-electron chi connectivity index (χ1n) is 10.7. The molecule has 1 amide bonds. The Morgan fingerprint density at radius 3 is 2.86 bits per heavy atom. The molecule has 1 aromatic heterocycles. The first kappa shape index (κ1) is 19.1. The quantitative estimate of drug-likeness (QED) is 0.655. The lowest BCUT2D eigenvalue weighted by molar-refractivity contribution is -0.129. The summed E-state index contributed by atoms with van der Waals surface area (Å²) in [6.45, 7) is 5.05. The van der Waals surface area contributed by atoms with Gasteiger partial charge in [-0.25, -0.2) is 0 Å². The van der Waals surface area contributed by atoms with Crippen molar-refractivity contribution in [3.05, 3.63) is 35.1 Å². The van der Waals surface area contributed by atoms with E-state index in [-0.39, 0.29) is 5.91 Å². The number of rotatable bonds is 4. The average Bonchev–Trinajstić information content (AvgIpc) is 3.10. The Morgan fingerprint density at radius 2 is 2.07 bits per heavy atom. The maximum atomic E-state index is 13.0. The van der Waals surface area contributed by atoms with Gasteiger partial charge in [0.15, 0.2) is 0 Å². The lowest BCUT2D eigenvalue weighted by Crippen LogP contribution is -2.42. The van der Waals surface area contributed by atoms with Crippen LogP contribution in [0.2, 0.25) is 0 Å². The van der Waals surface area contributed by atoms with Gasteiger partial charge in [-0.1, -0.05) is 6.92 Å². The van der Waals surface area contributed by atoms with Crippen molar-refractivity contribution in [2.45, 2.75) is 71.3 Å². The van der Waals surface area contributed by atoms with Gasteiger partial charge in [-0.15, -0.1) is 0 Å². The van der Waals surface area contributed by atoms with Crippen LogP contribution in [-0.4, -0.2) is 30.5 Å². The van der Waals surface area contributed by atoms with Crippen molar-refractivity contribution in [1.29, 1.82) is 0 Å². The van der Waals surface area contributed by atoms with Gasteiger partial charge in [-0.2, -0.15) is 0 Å². The molecule has 0 bridgehead atoms. The molecule has 1 unspecified atom stereocenters. The number of furan rings is 1. The van der Waals surface area contributed by atoms with Crippen molar-refractivity contribution in [3.8, 4) is 5.75 Å². The standard InChI is InChI=1S/C24H31NO3/c1-4-17-9-7-8-12-25(17)24(26)13-16(2)19-14-20-18-10-5-6-11-21(18)28-23(20)15-22(19)27-3/h13-15,17H,4-12H2,1-3H3/b16-13+. The number of hydrogen-bond donors (Lipinski definition) is 0. The zero-order chi connectivity index (χ0) is 19.7. The van der Waals surface area contributed by atoms with E-state index in [1.54, 1.807) is 13.2 Å². The molecule has 4 rings (SSSR count). The second-order valence-electron chi connectivity index (χ2n) is 8.18. The molecular formula is C24H31NO3. The fraction of sp³-hybridized carbons (Fsp3) is 0.542. The Labute approximate surface area is 167 Å². The van der Waals surface area contributed by atoms with E-state index in [9.17, 15) is 4.79 Å². The summed E-state index contributed by atoms with van der Waals surface area (Å²) in [5.41, 5.74) is 4.18. The Bertz CT molecular complexity index is 908. The van der Waals surface area contributed by atoms with Crippen molar-refractivity contribution in [3.63, 3.8) is 0 Å². The number of hydrogen-bond acceptors (Lipinski definition) is 3. The molecule has 0 radical (unpaired) electrons. The minimum atomic E-state index is 0.125. The number of likely N-dealkylation sites (tertiary alicyclic amines) is 1. The summed E-state index contributed by atoms with van der Waals surface area (Å²) in [5.74, 6) is 2.02. The maximum Gasteiger partial charge on any atom is 0.247 e. The predicted octanol–water partition coefficient (Wildman–Crippen LogP) is 5.51. The van der Waals surface area contributed by atoms with E-state index in [0.717, 1.165) is 66.9 Å². The van der Waals surface area contributed by atoms with Crippen LogP contribution in [0.1, 0.15) is 69.3 Å². The topological polar surface area (TPSA) is 42.7 Å². The van der Waals surface area contributed by atoms with Crippen LogP contribution in [0.25, 0.3) is 16.5 Å². The second-order valence-corrected chi connectivity index (χ2v) is 8.18. The molecule has 1 saturated heterocycles. The number of benzene rings is 1. The molecule has 1 aliphatic heterocycles. The number of fused-ring (bicyclic) bond motifs is 3. The van der Waals surface area contributed by atoms with Crippen LogP contribution in [0.5, 0.6) is 5.75 Å². The number of ether oxygens (including phenoxy) is 1. The molecule has 1 aromatic carbocycles. The van der Waals surface area contributed by atoms with Crippen LogP contribution in [-0.2, 0) is 17.6 Å². The Kier molecular flexibility index (Phi) is 5.47. The largest absolute Gasteiger partial charge is 0.496 e. The van der Waals surface area contributed by atoms with Crippen LogP contribution in [0.3, 0.4) is 0 Å². The number of aryl methyl sites for hydroxylation is 2. The monoisotopic (exact) mass is 381 g/mol. The zero-order valence-electron chi connectivity index (χ0n) is 17.3. The molecule has 2 heterocycles. The summed E-state index contributed by atoms with van der Waals surface area (Å²) in [6.07, 6.45) is 10.8. The number of allylic oxidation sites excluding steroid dienone is 1. The van der Waals surface area contributed by atoms with Crippen molar-refractivity contribution in [1.82, 2.24) is 4.90 Å². The molecule has 150 valence electrons. The second kappa shape index (κ2) is 8.02. The molecule has 4 heteroatoms. The lowest BCUT2D eigenvalue weighted by Gasteiger charge is -2.34. The number of carbonyl (C=O) groups is 1. The van der Waals surface area contributed by atoms with Gasteiger partial charge in [-0.3, -0.25) is 4.79 Å². The van der Waals surface area contributed by atoms with Crippen molar-refractivity contribution in [2.24, 2.45) is 0 Å². The summed E-state index contributed by atoms with van der Waals surface area (Å²) < 4.78 is 11.7. The van der Waals surface area contributed by atoms with E-state index in [1.165, 1.54) is 30.2 Å². The lowest BCUT2D eigenvalue weighted by atomic mass is 9.94. The van der Waals surface area contributed by atoms with E-state index in [0.29, 0.717) is 6.04 Å². The summed E-state index contributed by atoms with van der Waals surface area (Å²) in [7, 11) is 1.68. The summed E-state index contributed by atoms with van der Waals surface area (Å²) >= 11 is 0. The number of amides is 1. The van der Waals surface area contributed by atoms with Gasteiger partial charge < -0.3 is 14.1 Å². The predicted molar refractivity (Wildman–Crippen MR) is 113 cm³/mol. The molecule has 28 heavy (non-hydrogen) atoms. The van der Waals surface area contributed by atoms with Gasteiger partial charge >= 0.3 is 0 Å². The molecule has 0 spiro atoms. The van der Waals surface area contributed by atoms with Crippen molar-refractivity contribution < 1.29 is 13.9 Å². The summed E-state index contributed by atoms with van der Waals surface area (Å²) in [5, 5.41) is 1.18. The number of carbonyl (C=O) groups excluding carboxylic acids is 1. The maximum absolute atomic E-state index is 13.0. The summed E-state index contributed by atoms with van der Waals surface area (Å²) in [6, 6.07) is 4.52. The van der Waals surface area contributed by atoms with E-state index >= 15 is 0 Å². The van der Waals surface area contributed by atoms with E-state index in [1.807, 2.05) is 13.0 Å². The molecule has 0 saturated carbocycles. The highest BCUT2D eigenvalue weighted by Crippen LogP contribution is 2.38. The fourth-order valence-electron chi connectivity index (χ4n) is 4.83. The van der Waals surface area contributed by atoms with Gasteiger partial charge in [-0.05, 0) is 63.5 Å². The molecule has 1 aliphatic carbocycles. The van der Waals surface area contributed by atoms with Gasteiger partial charge in [0.25, 0.3) is 0 Å². The first-order valence-corrected chi connectivity index (χ1v) is 10.7. The van der Waals surface area contributed by atoms with Crippen LogP contribution in [0, 0.1) is 0 Å². The first-order chi connectivity index (χ1) is 13.6. The van der Waals surface area contributed by atoms with E-state index in [2.05, 4.69) is 17.9 Å². The third-order valence-corrected chi connectivity index (χ3v) is 6.42. The molecule has 2 aliphatic rings. The van der Waals surface area contributed by atoms with Crippen LogP contribution in [0.15, 0.2) is 22.6 Å². The van der Waals surface area contributed by atoms with Crippen LogP contribution >= 0.6 is 0 Å². The summed E-state index contributed by atoms with van der Waals surface area (Å²) in [4.78, 5) is 15.0. The molecular weight excluding hydrogens is 350 g/mol. The minimum absolute atomic E-state index is 0.125. The number of methoxy groups -OCH3 is 1. The van der Waals surface area contributed by atoms with Gasteiger partial charge in [0.05, 0.1) is 7.11 Å². The zero-order valence-corrected chi connectivity index (χ0v) is 17.3. The smallest absolute Gasteiger partial charge is 0.247 e. The highest BCUT2D eigenvalue weighted by atomic mass is 16.5. The minimum Gasteiger partial charge on any atom is -0.496 e. The average molecular weight is 382 g/mol. The van der Waals surface area contributed by atoms with Crippen molar-refractivity contribution in [2.75, 3.05) is 13.7 Å². The fourth-order valence-corrected chi connectivity index (χ4v) is 4.83. The van der Waals surface area contributed by atoms with Crippen LogP contribution < -0.4 is 4.74 Å². The SMILES string of the molecule is CCC1CCCCN1C(=O)/C=C(\C)c1cc2c3c(oc2cc1OC)CCCC3. The van der Waals surface area contributed by atoms with E-state index in [4.69, 9.17) is 9.15 Å².